The molecule has 0 N–H and O–H groups in total. The van der Waals surface area contributed by atoms with Gasteiger partial charge >= 0.3 is 24.2 Å². The first-order valence-corrected chi connectivity index (χ1v) is 7.92. The molecule has 29 heavy (non-hydrogen) atoms. The largest absolute Gasteiger partial charge is 0.462 e. The van der Waals surface area contributed by atoms with E-state index in [-0.39, 0.29) is 23.8 Å². The standard InChI is InChI=1S/C17H10F8N2O2/c1-2-29-14(28)8-5-11-13-9(3-4-27(11)7-8)10(16(20,21)22)6-12(26-13)15(18,19)17(23,24)25/h3-7H,2H2,1H3. The topological polar surface area (TPSA) is 43.6 Å². The Morgan fingerprint density at radius 2 is 1.76 bits per heavy atom. The van der Waals surface area contributed by atoms with Gasteiger partial charge < -0.3 is 9.14 Å². The van der Waals surface area contributed by atoms with Crippen molar-refractivity contribution in [3.05, 3.63) is 47.4 Å². The molecule has 0 aliphatic carbocycles. The van der Waals surface area contributed by atoms with Crippen LogP contribution in [0, 0.1) is 0 Å². The lowest BCUT2D eigenvalue weighted by molar-refractivity contribution is -0.291. The second kappa shape index (κ2) is 6.56. The van der Waals surface area contributed by atoms with Crippen LogP contribution in [0.5, 0.6) is 0 Å². The van der Waals surface area contributed by atoms with Crippen molar-refractivity contribution in [3.63, 3.8) is 0 Å². The number of esters is 1. The Morgan fingerprint density at radius 3 is 2.31 bits per heavy atom. The monoisotopic (exact) mass is 426 g/mol. The highest BCUT2D eigenvalue weighted by Crippen LogP contribution is 2.46. The minimum absolute atomic E-state index is 0.00972. The fourth-order valence-corrected chi connectivity index (χ4v) is 2.73. The summed E-state index contributed by atoms with van der Waals surface area (Å²) in [4.78, 5) is 15.0. The van der Waals surface area contributed by atoms with E-state index in [9.17, 15) is 39.9 Å². The van der Waals surface area contributed by atoms with Crippen molar-refractivity contribution in [2.45, 2.75) is 25.2 Å². The molecule has 12 heteroatoms. The van der Waals surface area contributed by atoms with Crippen LogP contribution in [0.15, 0.2) is 30.6 Å². The molecular weight excluding hydrogens is 416 g/mol. The molecule has 3 heterocycles. The first kappa shape index (κ1) is 20.8. The van der Waals surface area contributed by atoms with Gasteiger partial charge in [0.05, 0.1) is 28.8 Å². The van der Waals surface area contributed by atoms with E-state index in [4.69, 9.17) is 4.74 Å². The summed E-state index contributed by atoms with van der Waals surface area (Å²) in [6.07, 6.45) is -9.15. The Kier molecular flexibility index (Phi) is 4.71. The maximum Gasteiger partial charge on any atom is 0.459 e. The highest BCUT2D eigenvalue weighted by atomic mass is 19.4. The van der Waals surface area contributed by atoms with Crippen molar-refractivity contribution >= 4 is 22.4 Å². The number of hydrogen-bond acceptors (Lipinski definition) is 3. The molecule has 3 aromatic rings. The van der Waals surface area contributed by atoms with Crippen LogP contribution in [0.1, 0.15) is 28.5 Å². The van der Waals surface area contributed by atoms with Crippen molar-refractivity contribution in [3.8, 4) is 0 Å². The molecule has 0 fully saturated rings. The first-order valence-electron chi connectivity index (χ1n) is 7.92. The summed E-state index contributed by atoms with van der Waals surface area (Å²) in [7, 11) is 0. The van der Waals surface area contributed by atoms with E-state index in [0.29, 0.717) is 0 Å². The third-order valence-electron chi connectivity index (χ3n) is 4.05. The SMILES string of the molecule is CCOC(=O)c1cc2c3nc(C(F)(F)C(F)(F)F)cc(C(F)(F)F)c3ccn2c1. The number of ether oxygens (including phenoxy) is 1. The maximum absolute atomic E-state index is 13.8. The Balaban J connectivity index is 2.39. The van der Waals surface area contributed by atoms with Gasteiger partial charge in [0.2, 0.25) is 0 Å². The number of alkyl halides is 8. The van der Waals surface area contributed by atoms with Gasteiger partial charge in [0, 0.05) is 17.8 Å². The molecule has 0 bridgehead atoms. The number of aromatic nitrogens is 2. The van der Waals surface area contributed by atoms with Crippen LogP contribution < -0.4 is 0 Å². The Labute approximate surface area is 156 Å². The number of halogens is 8. The van der Waals surface area contributed by atoms with Crippen LogP contribution >= 0.6 is 0 Å². The van der Waals surface area contributed by atoms with E-state index < -0.39 is 46.4 Å². The van der Waals surface area contributed by atoms with E-state index in [1.54, 1.807) is 0 Å². The smallest absolute Gasteiger partial charge is 0.459 e. The number of fused-ring (bicyclic) bond motifs is 3. The molecule has 0 aromatic carbocycles. The van der Waals surface area contributed by atoms with Gasteiger partial charge in [-0.3, -0.25) is 0 Å². The average Bonchev–Trinajstić information content (AvgIpc) is 3.04. The number of pyridine rings is 2. The number of carbonyl (C=O) groups excluding carboxylic acids is 1. The second-order valence-corrected chi connectivity index (χ2v) is 5.94. The summed E-state index contributed by atoms with van der Waals surface area (Å²) < 4.78 is 112. The summed E-state index contributed by atoms with van der Waals surface area (Å²) in [5.74, 6) is -6.47. The van der Waals surface area contributed by atoms with Gasteiger partial charge in [0.15, 0.2) is 0 Å². The van der Waals surface area contributed by atoms with Crippen LogP contribution in [0.4, 0.5) is 35.1 Å². The van der Waals surface area contributed by atoms with Crippen molar-refractivity contribution in [2.75, 3.05) is 6.61 Å². The van der Waals surface area contributed by atoms with Crippen molar-refractivity contribution in [2.24, 2.45) is 0 Å². The molecule has 0 radical (unpaired) electrons. The minimum Gasteiger partial charge on any atom is -0.462 e. The lowest BCUT2D eigenvalue weighted by Crippen LogP contribution is -2.35. The zero-order valence-electron chi connectivity index (χ0n) is 14.3. The molecule has 0 unspecified atom stereocenters. The van der Waals surface area contributed by atoms with Gasteiger partial charge in [-0.05, 0) is 25.1 Å². The Morgan fingerprint density at radius 1 is 1.10 bits per heavy atom. The zero-order chi connectivity index (χ0) is 21.8. The fraction of sp³-hybridized carbons (Fsp3) is 0.294. The first-order chi connectivity index (χ1) is 13.3. The normalized spacial score (nSPS) is 13.3. The predicted molar refractivity (Wildman–Crippen MR) is 83.6 cm³/mol. The molecule has 0 aliphatic heterocycles. The average molecular weight is 426 g/mol. The van der Waals surface area contributed by atoms with Gasteiger partial charge in [0.1, 0.15) is 5.69 Å². The van der Waals surface area contributed by atoms with E-state index in [2.05, 4.69) is 4.98 Å². The van der Waals surface area contributed by atoms with Crippen LogP contribution in [0.3, 0.4) is 0 Å². The van der Waals surface area contributed by atoms with Crippen molar-refractivity contribution < 1.29 is 44.7 Å². The summed E-state index contributed by atoms with van der Waals surface area (Å²) in [5.41, 5.74) is -4.98. The molecule has 0 saturated heterocycles. The lowest BCUT2D eigenvalue weighted by atomic mass is 10.0. The fourth-order valence-electron chi connectivity index (χ4n) is 2.73. The molecule has 4 nitrogen and oxygen atoms in total. The van der Waals surface area contributed by atoms with Crippen LogP contribution in [0.25, 0.3) is 16.4 Å². The van der Waals surface area contributed by atoms with Gasteiger partial charge in [0.25, 0.3) is 0 Å². The number of carbonyl (C=O) groups is 1. The molecule has 0 atom stereocenters. The van der Waals surface area contributed by atoms with Gasteiger partial charge in [-0.25, -0.2) is 9.78 Å². The van der Waals surface area contributed by atoms with Gasteiger partial charge in [-0.2, -0.15) is 35.1 Å². The highest BCUT2D eigenvalue weighted by molar-refractivity contribution is 5.99. The second-order valence-electron chi connectivity index (χ2n) is 5.94. The molecule has 0 amide bonds. The third-order valence-corrected chi connectivity index (χ3v) is 4.05. The van der Waals surface area contributed by atoms with E-state index in [0.717, 1.165) is 28.9 Å². The van der Waals surface area contributed by atoms with Crippen LogP contribution in [-0.2, 0) is 16.8 Å². The lowest BCUT2D eigenvalue weighted by Gasteiger charge is -2.21. The molecule has 3 aromatic heterocycles. The number of hydrogen-bond donors (Lipinski definition) is 0. The molecular formula is C17H10F8N2O2. The summed E-state index contributed by atoms with van der Waals surface area (Å²) in [6.45, 7) is 1.50. The molecule has 0 spiro atoms. The summed E-state index contributed by atoms with van der Waals surface area (Å²) in [5, 5.41) is -0.694. The third kappa shape index (κ3) is 3.47. The van der Waals surface area contributed by atoms with Crippen LogP contribution in [0.2, 0.25) is 0 Å². The van der Waals surface area contributed by atoms with Crippen LogP contribution in [-0.4, -0.2) is 28.1 Å². The molecule has 0 saturated carbocycles. The number of rotatable bonds is 3. The highest BCUT2D eigenvalue weighted by Gasteiger charge is 2.60. The van der Waals surface area contributed by atoms with Crippen molar-refractivity contribution in [1.82, 2.24) is 9.38 Å². The minimum atomic E-state index is -6.15. The Hall–Kier alpha value is -2.92. The van der Waals surface area contributed by atoms with Gasteiger partial charge in [-0.1, -0.05) is 0 Å². The molecule has 3 rings (SSSR count). The van der Waals surface area contributed by atoms with E-state index in [1.807, 2.05) is 0 Å². The molecule has 156 valence electrons. The number of nitrogens with zero attached hydrogens (tertiary/aromatic N) is 2. The summed E-state index contributed by atoms with van der Waals surface area (Å²) >= 11 is 0. The van der Waals surface area contributed by atoms with Gasteiger partial charge in [-0.15, -0.1) is 0 Å². The predicted octanol–water partition coefficient (Wildman–Crippen LogP) is 5.34. The molecule has 0 aliphatic rings. The quantitative estimate of drug-likeness (QED) is 0.420. The van der Waals surface area contributed by atoms with E-state index >= 15 is 0 Å². The van der Waals surface area contributed by atoms with E-state index in [1.165, 1.54) is 6.92 Å². The maximum atomic E-state index is 13.8. The summed E-state index contributed by atoms with van der Waals surface area (Å²) in [6, 6.07) is 1.55. The Bertz CT molecular complexity index is 1100. The van der Waals surface area contributed by atoms with Crippen molar-refractivity contribution in [1.29, 1.82) is 0 Å². The zero-order valence-corrected chi connectivity index (χ0v) is 14.3.